The lowest BCUT2D eigenvalue weighted by atomic mass is 9.79. The van der Waals surface area contributed by atoms with Crippen molar-refractivity contribution in [2.24, 2.45) is 10.9 Å². The number of carbonyl (C=O) groups is 1. The minimum absolute atomic E-state index is 0.0462. The number of esters is 1. The van der Waals surface area contributed by atoms with E-state index >= 15 is 0 Å². The van der Waals surface area contributed by atoms with Crippen LogP contribution in [-0.4, -0.2) is 86.9 Å². The summed E-state index contributed by atoms with van der Waals surface area (Å²) in [6, 6.07) is 0. The molecule has 2 aliphatic heterocycles. The number of hydrogen-bond acceptors (Lipinski definition) is 5. The average molecular weight is 395 g/mol. The van der Waals surface area contributed by atoms with Crippen molar-refractivity contribution in [1.29, 1.82) is 0 Å². The van der Waals surface area contributed by atoms with Gasteiger partial charge in [0, 0.05) is 45.3 Å². The molecule has 28 heavy (non-hydrogen) atoms. The number of rotatable bonds is 5. The number of aliphatic imine (C=N–C) groups is 1. The van der Waals surface area contributed by atoms with Gasteiger partial charge in [0.05, 0.1) is 25.7 Å². The second-order valence-electron chi connectivity index (χ2n) is 8.32. The highest BCUT2D eigenvalue weighted by molar-refractivity contribution is 5.81. The highest BCUT2D eigenvalue weighted by atomic mass is 16.5. The Morgan fingerprint density at radius 1 is 1.18 bits per heavy atom. The molecule has 160 valence electrons. The summed E-state index contributed by atoms with van der Waals surface area (Å²) < 4.78 is 10.8. The number of guanidine groups is 1. The first-order valence-electron chi connectivity index (χ1n) is 11.1. The van der Waals surface area contributed by atoms with E-state index in [4.69, 9.17) is 9.47 Å². The largest absolute Gasteiger partial charge is 0.466 e. The molecule has 0 spiro atoms. The Kier molecular flexibility index (Phi) is 7.97. The van der Waals surface area contributed by atoms with Crippen LogP contribution >= 0.6 is 0 Å². The zero-order valence-corrected chi connectivity index (χ0v) is 17.8. The first kappa shape index (κ1) is 21.4. The summed E-state index contributed by atoms with van der Waals surface area (Å²) >= 11 is 0. The number of likely N-dealkylation sites (tertiary alicyclic amines) is 1. The number of nitrogens with one attached hydrogen (secondary N) is 1. The zero-order chi connectivity index (χ0) is 19.8. The molecule has 1 N–H and O–H groups in total. The minimum Gasteiger partial charge on any atom is -0.466 e. The van der Waals surface area contributed by atoms with Crippen LogP contribution < -0.4 is 5.32 Å². The van der Waals surface area contributed by atoms with Crippen LogP contribution in [0.1, 0.15) is 51.9 Å². The molecule has 7 heteroatoms. The molecule has 0 bridgehead atoms. The Labute approximate surface area is 169 Å². The number of ether oxygens (including phenoxy) is 2. The Morgan fingerprint density at radius 3 is 2.61 bits per heavy atom. The van der Waals surface area contributed by atoms with Crippen LogP contribution in [0, 0.1) is 5.92 Å². The molecular weight excluding hydrogens is 356 g/mol. The normalized spacial score (nSPS) is 26.7. The van der Waals surface area contributed by atoms with Crippen molar-refractivity contribution in [3.63, 3.8) is 0 Å². The Morgan fingerprint density at radius 2 is 1.93 bits per heavy atom. The summed E-state index contributed by atoms with van der Waals surface area (Å²) in [7, 11) is 1.85. The molecule has 3 fully saturated rings. The van der Waals surface area contributed by atoms with Crippen LogP contribution in [-0.2, 0) is 14.3 Å². The van der Waals surface area contributed by atoms with Crippen LogP contribution in [0.3, 0.4) is 0 Å². The van der Waals surface area contributed by atoms with E-state index in [1.165, 1.54) is 32.1 Å². The van der Waals surface area contributed by atoms with E-state index in [9.17, 15) is 4.79 Å². The molecule has 0 radical (unpaired) electrons. The second kappa shape index (κ2) is 10.4. The lowest BCUT2D eigenvalue weighted by Crippen LogP contribution is -2.61. The number of nitrogens with zero attached hydrogens (tertiary/aromatic N) is 3. The standard InChI is InChI=1S/C21H38N4O3/c1-3-28-19(26)18-8-7-11-24(16-18)20(22-2)23-17-21(9-5-4-6-10-21)25-12-14-27-15-13-25/h18H,3-17H2,1-2H3,(H,22,23). The van der Waals surface area contributed by atoms with Gasteiger partial charge in [-0.25, -0.2) is 0 Å². The van der Waals surface area contributed by atoms with Crippen molar-refractivity contribution in [2.45, 2.75) is 57.4 Å². The third-order valence-corrected chi connectivity index (χ3v) is 6.59. The van der Waals surface area contributed by atoms with E-state index in [2.05, 4.69) is 20.1 Å². The van der Waals surface area contributed by atoms with E-state index in [1.54, 1.807) is 0 Å². The molecule has 1 aliphatic carbocycles. The summed E-state index contributed by atoms with van der Waals surface area (Å²) in [5.41, 5.74) is 0.203. The molecule has 1 unspecified atom stereocenters. The third-order valence-electron chi connectivity index (χ3n) is 6.59. The lowest BCUT2D eigenvalue weighted by Gasteiger charge is -2.48. The quantitative estimate of drug-likeness (QED) is 0.436. The monoisotopic (exact) mass is 394 g/mol. The molecular formula is C21H38N4O3. The van der Waals surface area contributed by atoms with Gasteiger partial charge in [-0.3, -0.25) is 14.7 Å². The molecule has 7 nitrogen and oxygen atoms in total. The molecule has 3 aliphatic rings. The smallest absolute Gasteiger partial charge is 0.310 e. The molecule has 0 amide bonds. The van der Waals surface area contributed by atoms with Gasteiger partial charge in [-0.2, -0.15) is 0 Å². The maximum Gasteiger partial charge on any atom is 0.310 e. The van der Waals surface area contributed by atoms with Gasteiger partial charge in [0.2, 0.25) is 0 Å². The maximum atomic E-state index is 12.2. The number of carbonyl (C=O) groups excluding carboxylic acids is 1. The van der Waals surface area contributed by atoms with Crippen molar-refractivity contribution in [3.8, 4) is 0 Å². The molecule has 1 atom stereocenters. The van der Waals surface area contributed by atoms with Crippen LogP contribution in [0.25, 0.3) is 0 Å². The predicted octanol–water partition coefficient (Wildman–Crippen LogP) is 1.87. The first-order valence-corrected chi connectivity index (χ1v) is 11.1. The van der Waals surface area contributed by atoms with Gasteiger partial charge in [-0.05, 0) is 32.6 Å². The van der Waals surface area contributed by atoms with Crippen LogP contribution in [0.5, 0.6) is 0 Å². The first-order chi connectivity index (χ1) is 13.7. The maximum absolute atomic E-state index is 12.2. The fourth-order valence-corrected chi connectivity index (χ4v) is 5.05. The molecule has 3 rings (SSSR count). The fourth-order valence-electron chi connectivity index (χ4n) is 5.05. The summed E-state index contributed by atoms with van der Waals surface area (Å²) in [4.78, 5) is 21.6. The van der Waals surface area contributed by atoms with Crippen LogP contribution in [0.15, 0.2) is 4.99 Å². The van der Waals surface area contributed by atoms with E-state index in [-0.39, 0.29) is 17.4 Å². The fraction of sp³-hybridized carbons (Fsp3) is 0.905. The average Bonchev–Trinajstić information content (AvgIpc) is 2.76. The molecule has 0 aromatic rings. The van der Waals surface area contributed by atoms with Crippen LogP contribution in [0.4, 0.5) is 0 Å². The van der Waals surface area contributed by atoms with Gasteiger partial charge in [0.1, 0.15) is 0 Å². The molecule has 2 saturated heterocycles. The molecule has 0 aromatic carbocycles. The van der Waals surface area contributed by atoms with Crippen molar-refractivity contribution in [3.05, 3.63) is 0 Å². The number of hydrogen-bond donors (Lipinski definition) is 1. The van der Waals surface area contributed by atoms with Gasteiger partial charge in [0.25, 0.3) is 0 Å². The van der Waals surface area contributed by atoms with Crippen molar-refractivity contribution >= 4 is 11.9 Å². The highest BCUT2D eigenvalue weighted by Gasteiger charge is 2.39. The van der Waals surface area contributed by atoms with Crippen molar-refractivity contribution in [1.82, 2.24) is 15.1 Å². The summed E-state index contributed by atoms with van der Waals surface area (Å²) in [5.74, 6) is 0.807. The summed E-state index contributed by atoms with van der Waals surface area (Å²) in [5, 5.41) is 3.68. The Bertz CT molecular complexity index is 528. The third kappa shape index (κ3) is 5.17. The number of morpholine rings is 1. The van der Waals surface area contributed by atoms with Gasteiger partial charge >= 0.3 is 5.97 Å². The Balaban J connectivity index is 1.62. The van der Waals surface area contributed by atoms with Gasteiger partial charge in [-0.15, -0.1) is 0 Å². The topological polar surface area (TPSA) is 66.4 Å². The van der Waals surface area contributed by atoms with Gasteiger partial charge in [0.15, 0.2) is 5.96 Å². The second-order valence-corrected chi connectivity index (χ2v) is 8.32. The van der Waals surface area contributed by atoms with E-state index < -0.39 is 0 Å². The SMILES string of the molecule is CCOC(=O)C1CCCN(C(=NC)NCC2(N3CCOCC3)CCCCC2)C1. The minimum atomic E-state index is -0.0697. The Hall–Kier alpha value is -1.34. The molecule has 1 saturated carbocycles. The van der Waals surface area contributed by atoms with Gasteiger partial charge in [-0.1, -0.05) is 19.3 Å². The van der Waals surface area contributed by atoms with E-state index in [1.807, 2.05) is 14.0 Å². The predicted molar refractivity (Wildman–Crippen MR) is 110 cm³/mol. The van der Waals surface area contributed by atoms with Gasteiger partial charge < -0.3 is 19.7 Å². The molecule has 0 aromatic heterocycles. The van der Waals surface area contributed by atoms with Crippen molar-refractivity contribution in [2.75, 3.05) is 59.6 Å². The molecule has 2 heterocycles. The highest BCUT2D eigenvalue weighted by Crippen LogP contribution is 2.34. The summed E-state index contributed by atoms with van der Waals surface area (Å²) in [6.07, 6.45) is 8.32. The van der Waals surface area contributed by atoms with Crippen molar-refractivity contribution < 1.29 is 14.3 Å². The van der Waals surface area contributed by atoms with Crippen LogP contribution in [0.2, 0.25) is 0 Å². The zero-order valence-electron chi connectivity index (χ0n) is 17.8. The van der Waals surface area contributed by atoms with E-state index in [0.29, 0.717) is 13.2 Å². The number of piperidine rings is 1. The lowest BCUT2D eigenvalue weighted by molar-refractivity contribution is -0.149. The summed E-state index contributed by atoms with van der Waals surface area (Å²) in [6.45, 7) is 8.60. The van der Waals surface area contributed by atoms with E-state index in [0.717, 1.165) is 58.2 Å².